The predicted octanol–water partition coefficient (Wildman–Crippen LogP) is 2.23. The fraction of sp³-hybridized carbons (Fsp3) is 0.412. The largest absolute Gasteiger partial charge is 0.370 e. The zero-order chi connectivity index (χ0) is 16.6. The Morgan fingerprint density at radius 3 is 2.33 bits per heavy atom. The van der Waals surface area contributed by atoms with Crippen LogP contribution in [-0.4, -0.2) is 41.9 Å². The second kappa shape index (κ2) is 6.20. The first-order chi connectivity index (χ1) is 11.7. The first-order valence-corrected chi connectivity index (χ1v) is 8.41. The Morgan fingerprint density at radius 1 is 1.04 bits per heavy atom. The van der Waals surface area contributed by atoms with Gasteiger partial charge < -0.3 is 14.4 Å². The fourth-order valence-corrected chi connectivity index (χ4v) is 3.37. The smallest absolute Gasteiger partial charge is 0.273 e. The first kappa shape index (κ1) is 15.6. The van der Waals surface area contributed by atoms with Crippen molar-refractivity contribution in [2.75, 3.05) is 31.2 Å². The van der Waals surface area contributed by atoms with Crippen molar-refractivity contribution in [2.45, 2.75) is 18.6 Å². The van der Waals surface area contributed by atoms with E-state index in [9.17, 15) is 4.79 Å². The van der Waals surface area contributed by atoms with Crippen LogP contribution in [0.5, 0.6) is 0 Å². The third kappa shape index (κ3) is 2.92. The minimum Gasteiger partial charge on any atom is -0.370 e. The number of ether oxygens (including phenoxy) is 2. The van der Waals surface area contributed by atoms with E-state index in [1.807, 2.05) is 0 Å². The van der Waals surface area contributed by atoms with Crippen LogP contribution in [0.4, 0.5) is 5.69 Å². The van der Waals surface area contributed by atoms with E-state index in [1.54, 1.807) is 36.5 Å². The summed E-state index contributed by atoms with van der Waals surface area (Å²) in [5, 5.41) is 4.93. The topological polar surface area (TPSA) is 56.6 Å². The van der Waals surface area contributed by atoms with Crippen molar-refractivity contribution in [1.29, 1.82) is 0 Å². The number of aromatic nitrogens is 2. The van der Waals surface area contributed by atoms with E-state index in [4.69, 9.17) is 21.1 Å². The molecule has 4 rings (SSSR count). The number of nitrogens with zero attached hydrogens (tertiary/aromatic N) is 3. The number of hydrogen-bond acceptors (Lipinski definition) is 5. The highest BCUT2D eigenvalue weighted by atomic mass is 35.5. The quantitative estimate of drug-likeness (QED) is 0.833. The van der Waals surface area contributed by atoms with Crippen LogP contribution < -0.4 is 10.5 Å². The molecule has 2 aromatic rings. The van der Waals surface area contributed by atoms with E-state index in [1.165, 1.54) is 4.68 Å². The third-order valence-electron chi connectivity index (χ3n) is 4.56. The first-order valence-electron chi connectivity index (χ1n) is 8.03. The zero-order valence-corrected chi connectivity index (χ0v) is 13.9. The zero-order valence-electron chi connectivity index (χ0n) is 13.2. The molecule has 0 unspecified atom stereocenters. The summed E-state index contributed by atoms with van der Waals surface area (Å²) < 4.78 is 12.8. The molecule has 0 N–H and O–H groups in total. The van der Waals surface area contributed by atoms with Crippen LogP contribution in [0.2, 0.25) is 5.02 Å². The third-order valence-corrected chi connectivity index (χ3v) is 4.81. The molecule has 2 saturated heterocycles. The monoisotopic (exact) mass is 347 g/mol. The lowest BCUT2D eigenvalue weighted by molar-refractivity contribution is -0.169. The van der Waals surface area contributed by atoms with Gasteiger partial charge in [0.15, 0.2) is 5.79 Å². The van der Waals surface area contributed by atoms with Crippen molar-refractivity contribution in [3.63, 3.8) is 0 Å². The summed E-state index contributed by atoms with van der Waals surface area (Å²) in [5.74, 6) is -0.414. The number of anilines is 1. The molecule has 0 atom stereocenters. The number of piperidine rings is 1. The van der Waals surface area contributed by atoms with Crippen LogP contribution in [0.3, 0.4) is 0 Å². The summed E-state index contributed by atoms with van der Waals surface area (Å²) in [6, 6.07) is 8.65. The Balaban J connectivity index is 1.52. The molecule has 126 valence electrons. The molecule has 7 heteroatoms. The molecule has 2 aliphatic rings. The fourth-order valence-electron chi connectivity index (χ4n) is 3.24. The minimum atomic E-state index is -0.414. The molecule has 0 radical (unpaired) electrons. The molecule has 24 heavy (non-hydrogen) atoms. The molecule has 2 fully saturated rings. The van der Waals surface area contributed by atoms with Crippen LogP contribution in [-0.2, 0) is 9.47 Å². The average molecular weight is 348 g/mol. The second-order valence-corrected chi connectivity index (χ2v) is 6.47. The van der Waals surface area contributed by atoms with Gasteiger partial charge in [0.1, 0.15) is 0 Å². The lowest BCUT2D eigenvalue weighted by Crippen LogP contribution is -2.45. The Kier molecular flexibility index (Phi) is 4.04. The predicted molar refractivity (Wildman–Crippen MR) is 90.9 cm³/mol. The summed E-state index contributed by atoms with van der Waals surface area (Å²) >= 11 is 5.88. The second-order valence-electron chi connectivity index (χ2n) is 6.03. The Bertz CT molecular complexity index is 774. The van der Waals surface area contributed by atoms with Gasteiger partial charge in [0, 0.05) is 37.0 Å². The van der Waals surface area contributed by atoms with E-state index in [0.29, 0.717) is 23.9 Å². The van der Waals surface area contributed by atoms with E-state index < -0.39 is 5.79 Å². The Hall–Kier alpha value is -1.89. The minimum absolute atomic E-state index is 0.163. The normalized spacial score (nSPS) is 19.8. The summed E-state index contributed by atoms with van der Waals surface area (Å²) in [4.78, 5) is 14.6. The molecule has 0 aliphatic carbocycles. The highest BCUT2D eigenvalue weighted by Crippen LogP contribution is 2.32. The number of benzene rings is 1. The number of hydrogen-bond donors (Lipinski definition) is 0. The molecule has 0 bridgehead atoms. The molecular weight excluding hydrogens is 330 g/mol. The van der Waals surface area contributed by atoms with E-state index >= 15 is 0 Å². The summed E-state index contributed by atoms with van der Waals surface area (Å²) in [6.07, 6.45) is 3.32. The maximum absolute atomic E-state index is 12.4. The average Bonchev–Trinajstić information content (AvgIpc) is 3.05. The lowest BCUT2D eigenvalue weighted by Gasteiger charge is -2.38. The van der Waals surface area contributed by atoms with Gasteiger partial charge in [-0.05, 0) is 24.3 Å². The van der Waals surface area contributed by atoms with Crippen molar-refractivity contribution in [3.8, 4) is 5.69 Å². The highest BCUT2D eigenvalue weighted by Gasteiger charge is 2.39. The molecule has 0 saturated carbocycles. The van der Waals surface area contributed by atoms with Gasteiger partial charge >= 0.3 is 0 Å². The maximum Gasteiger partial charge on any atom is 0.273 e. The van der Waals surface area contributed by atoms with E-state index in [0.717, 1.165) is 31.6 Å². The molecule has 2 aliphatic heterocycles. The van der Waals surface area contributed by atoms with Gasteiger partial charge in [-0.1, -0.05) is 11.6 Å². The summed E-state index contributed by atoms with van der Waals surface area (Å²) in [5.41, 5.74) is 1.36. The van der Waals surface area contributed by atoms with Crippen LogP contribution in [0.1, 0.15) is 12.8 Å². The number of halogens is 1. The molecule has 0 amide bonds. The molecule has 1 aromatic carbocycles. The standard InChI is InChI=1S/C17H18ClN3O3/c18-13-1-3-14(4-2-13)21-16(22)11-15(12-19-21)20-7-5-17(6-8-20)23-9-10-24-17/h1-4,11-12H,5-10H2. The van der Waals surface area contributed by atoms with Crippen molar-refractivity contribution < 1.29 is 9.47 Å². The van der Waals surface area contributed by atoms with Gasteiger partial charge in [-0.25, -0.2) is 0 Å². The van der Waals surface area contributed by atoms with Crippen molar-refractivity contribution in [2.24, 2.45) is 0 Å². The van der Waals surface area contributed by atoms with Crippen LogP contribution in [0.15, 0.2) is 41.3 Å². The molecule has 1 spiro atoms. The van der Waals surface area contributed by atoms with Crippen LogP contribution >= 0.6 is 11.6 Å². The highest BCUT2D eigenvalue weighted by molar-refractivity contribution is 6.30. The summed E-state index contributed by atoms with van der Waals surface area (Å²) in [7, 11) is 0. The Labute approximate surface area is 144 Å². The van der Waals surface area contributed by atoms with Crippen molar-refractivity contribution in [3.05, 3.63) is 51.9 Å². The van der Waals surface area contributed by atoms with Crippen LogP contribution in [0.25, 0.3) is 5.69 Å². The van der Waals surface area contributed by atoms with Gasteiger partial charge in [-0.15, -0.1) is 0 Å². The van der Waals surface area contributed by atoms with Gasteiger partial charge in [-0.2, -0.15) is 9.78 Å². The maximum atomic E-state index is 12.4. The molecule has 1 aromatic heterocycles. The van der Waals surface area contributed by atoms with Gasteiger partial charge in [0.25, 0.3) is 5.56 Å². The van der Waals surface area contributed by atoms with E-state index in [2.05, 4.69) is 10.00 Å². The lowest BCUT2D eigenvalue weighted by atomic mass is 10.0. The summed E-state index contributed by atoms with van der Waals surface area (Å²) in [6.45, 7) is 2.90. The number of rotatable bonds is 2. The van der Waals surface area contributed by atoms with Gasteiger partial charge in [-0.3, -0.25) is 4.79 Å². The van der Waals surface area contributed by atoms with E-state index in [-0.39, 0.29) is 5.56 Å². The SMILES string of the molecule is O=c1cc(N2CCC3(CC2)OCCO3)cnn1-c1ccc(Cl)cc1. The Morgan fingerprint density at radius 2 is 1.71 bits per heavy atom. The molecule has 6 nitrogen and oxygen atoms in total. The van der Waals surface area contributed by atoms with Gasteiger partial charge in [0.2, 0.25) is 0 Å². The molecular formula is C17H18ClN3O3. The van der Waals surface area contributed by atoms with Gasteiger partial charge in [0.05, 0.1) is 30.8 Å². The molecule has 3 heterocycles. The van der Waals surface area contributed by atoms with Crippen molar-refractivity contribution >= 4 is 17.3 Å². The van der Waals surface area contributed by atoms with Crippen molar-refractivity contribution in [1.82, 2.24) is 9.78 Å². The van der Waals surface area contributed by atoms with Crippen LogP contribution in [0, 0.1) is 0 Å².